The first-order valence-corrected chi connectivity index (χ1v) is 11.3. The average Bonchev–Trinajstić information content (AvgIpc) is 3.24. The van der Waals surface area contributed by atoms with E-state index in [2.05, 4.69) is 15.4 Å². The van der Waals surface area contributed by atoms with Crippen LogP contribution in [0, 0.1) is 5.92 Å². The van der Waals surface area contributed by atoms with E-state index in [1.165, 1.54) is 7.11 Å². The Bertz CT molecular complexity index is 916. The summed E-state index contributed by atoms with van der Waals surface area (Å²) in [5.74, 6) is -1.10. The standard InChI is InChI=1S/C20H20Cl2N2O3.C4H10O2/c21-15-7-5-14(6-8-15)19(25)23-10-13-9-16(27-12-13)11-24-20(26)17-3-1-2-4-18(17)22;1-4(2,5)6-3/h1-8,13,16H,9-12H2,(H,23,25)(H,24,26);5H,1-3H3. The molecular formula is C24H30Cl2N2O5. The maximum Gasteiger partial charge on any atom is 0.252 e. The molecule has 2 aromatic carbocycles. The molecule has 2 unspecified atom stereocenters. The summed E-state index contributed by atoms with van der Waals surface area (Å²) in [6, 6.07) is 13.7. The van der Waals surface area contributed by atoms with Crippen molar-refractivity contribution in [2.75, 3.05) is 26.8 Å². The van der Waals surface area contributed by atoms with Gasteiger partial charge in [-0.2, -0.15) is 0 Å². The molecule has 0 aromatic heterocycles. The Hall–Kier alpha value is -2.16. The highest BCUT2D eigenvalue weighted by molar-refractivity contribution is 6.33. The number of amides is 2. The van der Waals surface area contributed by atoms with Gasteiger partial charge in [0.15, 0.2) is 5.79 Å². The summed E-state index contributed by atoms with van der Waals surface area (Å²) in [6.07, 6.45) is 0.692. The summed E-state index contributed by atoms with van der Waals surface area (Å²) in [5, 5.41) is 15.4. The molecule has 9 heteroatoms. The molecule has 33 heavy (non-hydrogen) atoms. The molecule has 0 aliphatic carbocycles. The van der Waals surface area contributed by atoms with Gasteiger partial charge in [-0.15, -0.1) is 0 Å². The second kappa shape index (κ2) is 12.9. The van der Waals surface area contributed by atoms with E-state index in [4.69, 9.17) is 33.0 Å². The Morgan fingerprint density at radius 3 is 2.27 bits per heavy atom. The van der Waals surface area contributed by atoms with Crippen molar-refractivity contribution in [3.05, 3.63) is 69.7 Å². The third kappa shape index (κ3) is 9.70. The normalized spacial score (nSPS) is 17.6. The smallest absolute Gasteiger partial charge is 0.252 e. The van der Waals surface area contributed by atoms with Crippen LogP contribution in [0.4, 0.5) is 0 Å². The lowest BCUT2D eigenvalue weighted by molar-refractivity contribution is -0.155. The number of carbonyl (C=O) groups is 2. The Morgan fingerprint density at radius 1 is 1.06 bits per heavy atom. The highest BCUT2D eigenvalue weighted by atomic mass is 35.5. The van der Waals surface area contributed by atoms with Gasteiger partial charge >= 0.3 is 0 Å². The monoisotopic (exact) mass is 496 g/mol. The summed E-state index contributed by atoms with van der Waals surface area (Å²) in [6.45, 7) is 4.63. The van der Waals surface area contributed by atoms with Crippen LogP contribution in [0.5, 0.6) is 0 Å². The lowest BCUT2D eigenvalue weighted by Crippen LogP contribution is -2.32. The quantitative estimate of drug-likeness (QED) is 0.504. The van der Waals surface area contributed by atoms with E-state index >= 15 is 0 Å². The summed E-state index contributed by atoms with van der Waals surface area (Å²) < 4.78 is 10.2. The van der Waals surface area contributed by atoms with E-state index in [1.54, 1.807) is 62.4 Å². The molecule has 3 rings (SSSR count). The van der Waals surface area contributed by atoms with Crippen LogP contribution in [0.25, 0.3) is 0 Å². The first kappa shape index (κ1) is 27.1. The molecule has 2 amide bonds. The number of hydrogen-bond acceptors (Lipinski definition) is 5. The molecule has 0 spiro atoms. The van der Waals surface area contributed by atoms with Gasteiger partial charge in [-0.25, -0.2) is 0 Å². The molecule has 7 nitrogen and oxygen atoms in total. The van der Waals surface area contributed by atoms with E-state index in [1.807, 2.05) is 0 Å². The van der Waals surface area contributed by atoms with E-state index < -0.39 is 5.79 Å². The predicted molar refractivity (Wildman–Crippen MR) is 129 cm³/mol. The van der Waals surface area contributed by atoms with Gasteiger partial charge in [-0.1, -0.05) is 35.3 Å². The molecule has 1 heterocycles. The minimum absolute atomic E-state index is 0.0751. The number of aliphatic hydroxyl groups is 1. The van der Waals surface area contributed by atoms with Crippen molar-refractivity contribution in [3.63, 3.8) is 0 Å². The van der Waals surface area contributed by atoms with Crippen LogP contribution in [-0.2, 0) is 9.47 Å². The first-order chi connectivity index (χ1) is 15.6. The maximum atomic E-state index is 12.2. The number of halogens is 2. The summed E-state index contributed by atoms with van der Waals surface area (Å²) in [7, 11) is 1.46. The number of nitrogens with one attached hydrogen (secondary N) is 2. The molecule has 2 atom stereocenters. The van der Waals surface area contributed by atoms with E-state index in [9.17, 15) is 9.59 Å². The lowest BCUT2D eigenvalue weighted by Gasteiger charge is -2.12. The highest BCUT2D eigenvalue weighted by Crippen LogP contribution is 2.19. The maximum absolute atomic E-state index is 12.2. The van der Waals surface area contributed by atoms with Gasteiger partial charge in [0.2, 0.25) is 0 Å². The molecule has 1 saturated heterocycles. The fourth-order valence-corrected chi connectivity index (χ4v) is 3.30. The van der Waals surface area contributed by atoms with Gasteiger partial charge in [-0.05, 0) is 56.7 Å². The van der Waals surface area contributed by atoms with Crippen LogP contribution in [0.15, 0.2) is 48.5 Å². The molecule has 0 saturated carbocycles. The minimum Gasteiger partial charge on any atom is -0.376 e. The molecule has 1 aliphatic heterocycles. The zero-order valence-electron chi connectivity index (χ0n) is 18.9. The van der Waals surface area contributed by atoms with Crippen molar-refractivity contribution in [1.82, 2.24) is 10.6 Å². The van der Waals surface area contributed by atoms with Gasteiger partial charge in [-0.3, -0.25) is 9.59 Å². The second-order valence-corrected chi connectivity index (χ2v) is 8.96. The summed E-state index contributed by atoms with van der Waals surface area (Å²) in [5.41, 5.74) is 1.02. The van der Waals surface area contributed by atoms with Crippen LogP contribution in [0.1, 0.15) is 41.0 Å². The Labute approximate surface area is 204 Å². The van der Waals surface area contributed by atoms with Gasteiger partial charge < -0.3 is 25.2 Å². The van der Waals surface area contributed by atoms with Crippen molar-refractivity contribution >= 4 is 35.0 Å². The van der Waals surface area contributed by atoms with Crippen molar-refractivity contribution < 1.29 is 24.2 Å². The third-order valence-electron chi connectivity index (χ3n) is 4.93. The molecule has 3 N–H and O–H groups in total. The number of hydrogen-bond donors (Lipinski definition) is 3. The van der Waals surface area contributed by atoms with E-state index in [0.717, 1.165) is 6.42 Å². The summed E-state index contributed by atoms with van der Waals surface area (Å²) in [4.78, 5) is 24.3. The number of benzene rings is 2. The molecule has 0 bridgehead atoms. The SMILES string of the molecule is COC(C)(C)O.O=C(NCC1COC(CNC(=O)c2ccccc2Cl)C1)c1ccc(Cl)cc1. The molecule has 180 valence electrons. The topological polar surface area (TPSA) is 96.9 Å². The average molecular weight is 497 g/mol. The Kier molecular flexibility index (Phi) is 10.6. The fraction of sp³-hybridized carbons (Fsp3) is 0.417. The zero-order chi connectivity index (χ0) is 24.4. The summed E-state index contributed by atoms with van der Waals surface area (Å²) >= 11 is 11.9. The van der Waals surface area contributed by atoms with Gasteiger partial charge in [0.25, 0.3) is 11.8 Å². The molecular weight excluding hydrogens is 467 g/mol. The zero-order valence-corrected chi connectivity index (χ0v) is 20.4. The number of rotatable bonds is 7. The fourth-order valence-electron chi connectivity index (χ4n) is 2.95. The number of carbonyl (C=O) groups excluding carboxylic acids is 2. The first-order valence-electron chi connectivity index (χ1n) is 10.5. The van der Waals surface area contributed by atoms with Crippen molar-refractivity contribution in [3.8, 4) is 0 Å². The molecule has 1 fully saturated rings. The molecule has 0 radical (unpaired) electrons. The predicted octanol–water partition coefficient (Wildman–Crippen LogP) is 3.92. The van der Waals surface area contributed by atoms with Gasteiger partial charge in [0, 0.05) is 36.7 Å². The molecule has 1 aliphatic rings. The van der Waals surface area contributed by atoms with Gasteiger partial charge in [0.1, 0.15) is 0 Å². The Balaban J connectivity index is 0.000000569. The van der Waals surface area contributed by atoms with Crippen LogP contribution < -0.4 is 10.6 Å². The molecule has 2 aromatic rings. The second-order valence-electron chi connectivity index (χ2n) is 8.11. The Morgan fingerprint density at radius 2 is 1.67 bits per heavy atom. The van der Waals surface area contributed by atoms with Crippen molar-refractivity contribution in [2.24, 2.45) is 5.92 Å². The highest BCUT2D eigenvalue weighted by Gasteiger charge is 2.26. The lowest BCUT2D eigenvalue weighted by atomic mass is 10.1. The largest absolute Gasteiger partial charge is 0.376 e. The number of methoxy groups -OCH3 is 1. The van der Waals surface area contributed by atoms with Gasteiger partial charge in [0.05, 0.1) is 23.3 Å². The van der Waals surface area contributed by atoms with E-state index in [-0.39, 0.29) is 23.8 Å². The van der Waals surface area contributed by atoms with Crippen molar-refractivity contribution in [2.45, 2.75) is 32.2 Å². The van der Waals surface area contributed by atoms with Crippen LogP contribution in [0.2, 0.25) is 10.0 Å². The van der Waals surface area contributed by atoms with Crippen LogP contribution in [-0.4, -0.2) is 55.6 Å². The van der Waals surface area contributed by atoms with E-state index in [0.29, 0.717) is 40.9 Å². The van der Waals surface area contributed by atoms with Crippen molar-refractivity contribution in [1.29, 1.82) is 0 Å². The number of ether oxygens (including phenoxy) is 2. The minimum atomic E-state index is -0.958. The van der Waals surface area contributed by atoms with Crippen LogP contribution >= 0.6 is 23.2 Å². The third-order valence-corrected chi connectivity index (χ3v) is 5.51. The van der Waals surface area contributed by atoms with Crippen LogP contribution in [0.3, 0.4) is 0 Å².